The largest absolute Gasteiger partial charge is 0.391 e. The van der Waals surface area contributed by atoms with Crippen LogP contribution in [0.1, 0.15) is 46.0 Å². The van der Waals surface area contributed by atoms with Crippen molar-refractivity contribution in [2.45, 2.75) is 64.4 Å². The molecule has 0 saturated heterocycles. The molecule has 2 aliphatic rings. The monoisotopic (exact) mass is 306 g/mol. The topological polar surface area (TPSA) is 88.4 Å². The minimum absolute atomic E-state index is 0.0812. The van der Waals surface area contributed by atoms with Gasteiger partial charge in [-0.1, -0.05) is 33.1 Å². The molecule has 2 atom stereocenters. The number of amides is 1. The van der Waals surface area contributed by atoms with Crippen LogP contribution in [0.5, 0.6) is 0 Å². The van der Waals surface area contributed by atoms with Gasteiger partial charge in [-0.2, -0.15) is 5.26 Å². The summed E-state index contributed by atoms with van der Waals surface area (Å²) in [4.78, 5) is 13.7. The summed E-state index contributed by atoms with van der Waals surface area (Å²) in [5.74, 6) is -0.238. The normalized spacial score (nSPS) is 24.7. The molecule has 1 aliphatic carbocycles. The standard InChI is InChI=1S/C16H26N4O2/c1-11(2)14(21)10-20-9-12(8-17)15(22)19-16(20)18-13-6-4-3-5-7-13/h9,11,13-14,16,18,21H,3-7,10H2,1-2H3,(H,19,22)/t14-,16-/m0/s1. The average molecular weight is 306 g/mol. The van der Waals surface area contributed by atoms with E-state index in [1.807, 2.05) is 24.8 Å². The summed E-state index contributed by atoms with van der Waals surface area (Å²) in [6.45, 7) is 4.28. The van der Waals surface area contributed by atoms with Crippen molar-refractivity contribution in [1.29, 1.82) is 5.26 Å². The average Bonchev–Trinajstić information content (AvgIpc) is 2.50. The van der Waals surface area contributed by atoms with E-state index in [0.29, 0.717) is 12.6 Å². The van der Waals surface area contributed by atoms with Gasteiger partial charge in [0.1, 0.15) is 11.6 Å². The van der Waals surface area contributed by atoms with Crippen molar-refractivity contribution < 1.29 is 9.90 Å². The predicted octanol–water partition coefficient (Wildman–Crippen LogP) is 1.05. The van der Waals surface area contributed by atoms with Crippen molar-refractivity contribution >= 4 is 5.91 Å². The molecular formula is C16H26N4O2. The molecule has 22 heavy (non-hydrogen) atoms. The van der Waals surface area contributed by atoms with Gasteiger partial charge in [-0.15, -0.1) is 0 Å². The number of aliphatic hydroxyl groups excluding tert-OH is 1. The maximum Gasteiger partial charge on any atom is 0.266 e. The first-order valence-corrected chi connectivity index (χ1v) is 8.14. The molecule has 1 saturated carbocycles. The molecule has 122 valence electrons. The highest BCUT2D eigenvalue weighted by atomic mass is 16.3. The second-order valence-corrected chi connectivity index (χ2v) is 6.54. The summed E-state index contributed by atoms with van der Waals surface area (Å²) in [5.41, 5.74) is 0.0812. The van der Waals surface area contributed by atoms with Crippen molar-refractivity contribution in [2.24, 2.45) is 5.92 Å². The first-order chi connectivity index (χ1) is 10.5. The van der Waals surface area contributed by atoms with Gasteiger partial charge in [-0.05, 0) is 18.8 Å². The fourth-order valence-corrected chi connectivity index (χ4v) is 2.88. The highest BCUT2D eigenvalue weighted by Crippen LogP contribution is 2.19. The molecular weight excluding hydrogens is 280 g/mol. The summed E-state index contributed by atoms with van der Waals surface area (Å²) in [7, 11) is 0. The van der Waals surface area contributed by atoms with E-state index in [1.54, 1.807) is 6.20 Å². The van der Waals surface area contributed by atoms with Gasteiger partial charge in [0, 0.05) is 18.8 Å². The number of nitrogens with zero attached hydrogens (tertiary/aromatic N) is 2. The Balaban J connectivity index is 2.08. The minimum atomic E-state index is -0.512. The van der Waals surface area contributed by atoms with Gasteiger partial charge in [0.05, 0.1) is 6.10 Å². The maximum absolute atomic E-state index is 11.9. The van der Waals surface area contributed by atoms with Crippen LogP contribution >= 0.6 is 0 Å². The van der Waals surface area contributed by atoms with Gasteiger partial charge in [0.15, 0.2) is 6.29 Å². The highest BCUT2D eigenvalue weighted by Gasteiger charge is 2.30. The number of hydrogen-bond donors (Lipinski definition) is 3. The Labute approximate surface area is 132 Å². The van der Waals surface area contributed by atoms with Crippen LogP contribution in [0.2, 0.25) is 0 Å². The van der Waals surface area contributed by atoms with Crippen molar-refractivity contribution in [2.75, 3.05) is 6.54 Å². The number of carbonyl (C=O) groups is 1. The quantitative estimate of drug-likeness (QED) is 0.706. The Morgan fingerprint density at radius 2 is 2.14 bits per heavy atom. The molecule has 0 spiro atoms. The number of hydrogen-bond acceptors (Lipinski definition) is 5. The lowest BCUT2D eigenvalue weighted by Gasteiger charge is -2.39. The number of β-amino-alcohol motifs (C(OH)–C–C–N with tert-alkyl or cyclic N) is 1. The highest BCUT2D eigenvalue weighted by molar-refractivity contribution is 5.97. The summed E-state index contributed by atoms with van der Waals surface area (Å²) in [5, 5.41) is 25.5. The molecule has 0 unspecified atom stereocenters. The van der Waals surface area contributed by atoms with Crippen molar-refractivity contribution in [1.82, 2.24) is 15.5 Å². The zero-order valence-corrected chi connectivity index (χ0v) is 13.4. The lowest BCUT2D eigenvalue weighted by atomic mass is 9.95. The van der Waals surface area contributed by atoms with E-state index in [9.17, 15) is 9.90 Å². The van der Waals surface area contributed by atoms with Crippen LogP contribution in [0.3, 0.4) is 0 Å². The van der Waals surface area contributed by atoms with Gasteiger partial charge in [-0.3, -0.25) is 10.1 Å². The molecule has 2 rings (SSSR count). The Morgan fingerprint density at radius 1 is 1.45 bits per heavy atom. The molecule has 1 amide bonds. The van der Waals surface area contributed by atoms with Gasteiger partial charge >= 0.3 is 0 Å². The molecule has 1 aliphatic heterocycles. The van der Waals surface area contributed by atoms with Gasteiger partial charge in [0.25, 0.3) is 5.91 Å². The maximum atomic E-state index is 11.9. The molecule has 3 N–H and O–H groups in total. The van der Waals surface area contributed by atoms with Crippen LogP contribution < -0.4 is 10.6 Å². The summed E-state index contributed by atoms with van der Waals surface area (Å²) < 4.78 is 0. The lowest BCUT2D eigenvalue weighted by molar-refractivity contribution is -0.120. The Hall–Kier alpha value is -1.58. The van der Waals surface area contributed by atoms with Crippen molar-refractivity contribution in [3.8, 4) is 6.07 Å². The Bertz CT molecular complexity index is 463. The molecule has 6 nitrogen and oxygen atoms in total. The molecule has 1 heterocycles. The first-order valence-electron chi connectivity index (χ1n) is 8.14. The van der Waals surface area contributed by atoms with Crippen LogP contribution in [-0.4, -0.2) is 40.9 Å². The van der Waals surface area contributed by atoms with Crippen LogP contribution in [-0.2, 0) is 4.79 Å². The smallest absolute Gasteiger partial charge is 0.266 e. The van der Waals surface area contributed by atoms with E-state index in [1.165, 1.54) is 19.3 Å². The van der Waals surface area contributed by atoms with Crippen LogP contribution in [0.25, 0.3) is 0 Å². The predicted molar refractivity (Wildman–Crippen MR) is 83.2 cm³/mol. The van der Waals surface area contributed by atoms with E-state index in [0.717, 1.165) is 12.8 Å². The fraction of sp³-hybridized carbons (Fsp3) is 0.750. The van der Waals surface area contributed by atoms with Gasteiger partial charge < -0.3 is 15.3 Å². The number of nitrogens with one attached hydrogen (secondary N) is 2. The SMILES string of the molecule is CC(C)[C@@H](O)CN1C=C(C#N)C(=O)N[C@@H]1NC1CCCCC1. The molecule has 1 fully saturated rings. The molecule has 6 heteroatoms. The van der Waals surface area contributed by atoms with Crippen molar-refractivity contribution in [3.63, 3.8) is 0 Å². The number of nitriles is 1. The van der Waals surface area contributed by atoms with Gasteiger partial charge in [0.2, 0.25) is 0 Å². The second kappa shape index (κ2) is 7.61. The number of aliphatic hydroxyl groups is 1. The summed E-state index contributed by atoms with van der Waals surface area (Å²) in [6.07, 6.45) is 6.55. The zero-order chi connectivity index (χ0) is 16.1. The fourth-order valence-electron chi connectivity index (χ4n) is 2.88. The third-order valence-corrected chi connectivity index (χ3v) is 4.43. The Kier molecular flexibility index (Phi) is 5.81. The molecule has 0 aromatic carbocycles. The number of carbonyl (C=O) groups excluding carboxylic acids is 1. The van der Waals surface area contributed by atoms with E-state index >= 15 is 0 Å². The van der Waals surface area contributed by atoms with Crippen LogP contribution in [0, 0.1) is 17.2 Å². The molecule has 0 radical (unpaired) electrons. The Morgan fingerprint density at radius 3 is 2.73 bits per heavy atom. The molecule has 0 aromatic rings. The lowest BCUT2D eigenvalue weighted by Crippen LogP contribution is -2.61. The van der Waals surface area contributed by atoms with E-state index in [4.69, 9.17) is 5.26 Å². The summed E-state index contributed by atoms with van der Waals surface area (Å²) in [6, 6.07) is 2.28. The van der Waals surface area contributed by atoms with E-state index in [-0.39, 0.29) is 23.7 Å². The van der Waals surface area contributed by atoms with Crippen molar-refractivity contribution in [3.05, 3.63) is 11.8 Å². The number of rotatable bonds is 5. The second-order valence-electron chi connectivity index (χ2n) is 6.54. The van der Waals surface area contributed by atoms with Crippen LogP contribution in [0.15, 0.2) is 11.8 Å². The zero-order valence-electron chi connectivity index (χ0n) is 13.4. The molecule has 0 bridgehead atoms. The van der Waals surface area contributed by atoms with E-state index < -0.39 is 6.10 Å². The summed E-state index contributed by atoms with van der Waals surface area (Å²) >= 11 is 0. The van der Waals surface area contributed by atoms with Gasteiger partial charge in [-0.25, -0.2) is 0 Å². The third kappa shape index (κ3) is 4.21. The first kappa shape index (κ1) is 16.8. The third-order valence-electron chi connectivity index (χ3n) is 4.43. The molecule has 0 aromatic heterocycles. The van der Waals surface area contributed by atoms with Crippen LogP contribution in [0.4, 0.5) is 0 Å². The van der Waals surface area contributed by atoms with E-state index in [2.05, 4.69) is 10.6 Å². The minimum Gasteiger partial charge on any atom is -0.391 e.